The minimum absolute atomic E-state index is 0.417. The van der Waals surface area contributed by atoms with Crippen LogP contribution in [0.1, 0.15) is 29.2 Å². The fraction of sp³-hybridized carbons (Fsp3) is 0.300. The van der Waals surface area contributed by atoms with Crippen molar-refractivity contribution in [2.45, 2.75) is 19.4 Å². The van der Waals surface area contributed by atoms with E-state index in [9.17, 15) is 9.50 Å². The Balaban J connectivity index is 2.35. The molecule has 2 heterocycles. The third-order valence-corrected chi connectivity index (χ3v) is 3.03. The highest BCUT2D eigenvalue weighted by atomic mass is 32.1. The van der Waals surface area contributed by atoms with Crippen molar-refractivity contribution in [1.29, 1.82) is 0 Å². The van der Waals surface area contributed by atoms with E-state index < -0.39 is 11.9 Å². The predicted octanol–water partition coefficient (Wildman–Crippen LogP) is 1.72. The Bertz CT molecular complexity index is 488. The molecule has 84 valence electrons. The maximum absolute atomic E-state index is 13.0. The van der Waals surface area contributed by atoms with Crippen LogP contribution in [0.2, 0.25) is 0 Å². The lowest BCUT2D eigenvalue weighted by molar-refractivity contribution is 0.222. The Morgan fingerprint density at radius 1 is 1.50 bits per heavy atom. The molecular formula is C10H10FN3OS. The van der Waals surface area contributed by atoms with Gasteiger partial charge in [0, 0.05) is 11.8 Å². The van der Waals surface area contributed by atoms with Crippen LogP contribution in [-0.2, 0) is 6.42 Å². The van der Waals surface area contributed by atoms with Gasteiger partial charge in [-0.05, 0) is 24.0 Å². The lowest BCUT2D eigenvalue weighted by atomic mass is 10.1. The Morgan fingerprint density at radius 2 is 2.31 bits per heavy atom. The van der Waals surface area contributed by atoms with Crippen LogP contribution in [-0.4, -0.2) is 19.7 Å². The van der Waals surface area contributed by atoms with E-state index >= 15 is 0 Å². The molecule has 1 N–H and O–H groups in total. The van der Waals surface area contributed by atoms with E-state index in [4.69, 9.17) is 0 Å². The number of rotatable bonds is 3. The lowest BCUT2D eigenvalue weighted by Crippen LogP contribution is -2.02. The summed E-state index contributed by atoms with van der Waals surface area (Å²) < 4.78 is 16.7. The number of aryl methyl sites for hydroxylation is 1. The van der Waals surface area contributed by atoms with Crippen LogP contribution in [0.5, 0.6) is 0 Å². The molecule has 0 aromatic carbocycles. The SMILES string of the molecule is CCc1nnsc1C(O)c1cncc(F)c1. The van der Waals surface area contributed by atoms with E-state index in [0.717, 1.165) is 23.4 Å². The van der Waals surface area contributed by atoms with Crippen molar-refractivity contribution in [3.63, 3.8) is 0 Å². The van der Waals surface area contributed by atoms with Gasteiger partial charge in [0.1, 0.15) is 11.9 Å². The second-order valence-corrected chi connectivity index (χ2v) is 4.06. The molecule has 0 radical (unpaired) electrons. The summed E-state index contributed by atoms with van der Waals surface area (Å²) >= 11 is 1.12. The molecule has 0 spiro atoms. The molecule has 0 saturated heterocycles. The van der Waals surface area contributed by atoms with E-state index in [1.807, 2.05) is 6.92 Å². The molecule has 1 unspecified atom stereocenters. The van der Waals surface area contributed by atoms with Crippen molar-refractivity contribution >= 4 is 11.5 Å². The standard InChI is InChI=1S/C10H10FN3OS/c1-2-8-10(16-14-13-8)9(15)6-3-7(11)5-12-4-6/h3-5,9,15H,2H2,1H3. The number of pyridine rings is 1. The Hall–Kier alpha value is -1.40. The second kappa shape index (κ2) is 4.63. The number of hydrogen-bond acceptors (Lipinski definition) is 5. The van der Waals surface area contributed by atoms with Crippen molar-refractivity contribution in [3.05, 3.63) is 40.4 Å². The third-order valence-electron chi connectivity index (χ3n) is 2.21. The fourth-order valence-corrected chi connectivity index (χ4v) is 2.15. The maximum Gasteiger partial charge on any atom is 0.141 e. The van der Waals surface area contributed by atoms with E-state index in [2.05, 4.69) is 14.6 Å². The molecule has 0 bridgehead atoms. The van der Waals surface area contributed by atoms with Gasteiger partial charge >= 0.3 is 0 Å². The summed E-state index contributed by atoms with van der Waals surface area (Å²) in [5, 5.41) is 13.9. The molecule has 0 aliphatic heterocycles. The zero-order chi connectivity index (χ0) is 11.5. The first-order valence-corrected chi connectivity index (χ1v) is 5.59. The van der Waals surface area contributed by atoms with Crippen LogP contribution in [0, 0.1) is 5.82 Å². The van der Waals surface area contributed by atoms with Crippen molar-refractivity contribution < 1.29 is 9.50 Å². The molecule has 1 atom stereocenters. The van der Waals surface area contributed by atoms with E-state index in [-0.39, 0.29) is 0 Å². The van der Waals surface area contributed by atoms with Gasteiger partial charge in [0.25, 0.3) is 0 Å². The number of aliphatic hydroxyl groups is 1. The Kier molecular flexibility index (Phi) is 3.21. The van der Waals surface area contributed by atoms with Gasteiger partial charge in [-0.3, -0.25) is 4.98 Å². The molecule has 2 aromatic rings. The highest BCUT2D eigenvalue weighted by molar-refractivity contribution is 7.05. The first-order valence-electron chi connectivity index (χ1n) is 4.82. The minimum Gasteiger partial charge on any atom is -0.383 e. The van der Waals surface area contributed by atoms with Crippen LogP contribution in [0.4, 0.5) is 4.39 Å². The molecule has 0 saturated carbocycles. The summed E-state index contributed by atoms with van der Waals surface area (Å²) in [6, 6.07) is 1.26. The Labute approximate surface area is 96.0 Å². The van der Waals surface area contributed by atoms with Crippen LogP contribution in [0.15, 0.2) is 18.5 Å². The minimum atomic E-state index is -0.904. The topological polar surface area (TPSA) is 58.9 Å². The summed E-state index contributed by atoms with van der Waals surface area (Å²) in [5.74, 6) is -0.466. The van der Waals surface area contributed by atoms with Crippen LogP contribution in [0.3, 0.4) is 0 Å². The number of aliphatic hydroxyl groups excluding tert-OH is 1. The summed E-state index contributed by atoms with van der Waals surface area (Å²) in [4.78, 5) is 4.35. The van der Waals surface area contributed by atoms with Gasteiger partial charge in [-0.15, -0.1) is 5.10 Å². The highest BCUT2D eigenvalue weighted by Gasteiger charge is 2.18. The second-order valence-electron chi connectivity index (χ2n) is 3.28. The molecule has 6 heteroatoms. The summed E-state index contributed by atoms with van der Waals surface area (Å²) in [6.45, 7) is 1.93. The highest BCUT2D eigenvalue weighted by Crippen LogP contribution is 2.26. The predicted molar refractivity (Wildman–Crippen MR) is 57.5 cm³/mol. The monoisotopic (exact) mass is 239 g/mol. The average Bonchev–Trinajstić information content (AvgIpc) is 2.76. The molecule has 0 amide bonds. The maximum atomic E-state index is 13.0. The van der Waals surface area contributed by atoms with Crippen molar-refractivity contribution in [2.75, 3.05) is 0 Å². The van der Waals surface area contributed by atoms with Gasteiger partial charge in [0.2, 0.25) is 0 Å². The first kappa shape index (κ1) is 11.1. The molecular weight excluding hydrogens is 229 g/mol. The average molecular weight is 239 g/mol. The van der Waals surface area contributed by atoms with Crippen LogP contribution in [0.25, 0.3) is 0 Å². The number of nitrogens with zero attached hydrogens (tertiary/aromatic N) is 3. The number of aromatic nitrogens is 3. The summed E-state index contributed by atoms with van der Waals surface area (Å²) in [6.07, 6.45) is 2.32. The molecule has 2 aromatic heterocycles. The van der Waals surface area contributed by atoms with Gasteiger partial charge in [0.15, 0.2) is 0 Å². The molecule has 16 heavy (non-hydrogen) atoms. The Morgan fingerprint density at radius 3 is 3.00 bits per heavy atom. The van der Waals surface area contributed by atoms with Gasteiger partial charge in [-0.1, -0.05) is 11.4 Å². The first-order chi connectivity index (χ1) is 7.72. The quantitative estimate of drug-likeness (QED) is 0.886. The van der Waals surface area contributed by atoms with E-state index in [1.54, 1.807) is 0 Å². The van der Waals surface area contributed by atoms with Gasteiger partial charge in [0.05, 0.1) is 16.8 Å². The fourth-order valence-electron chi connectivity index (χ4n) is 1.40. The van der Waals surface area contributed by atoms with Gasteiger partial charge in [-0.25, -0.2) is 4.39 Å². The molecule has 4 nitrogen and oxygen atoms in total. The number of halogens is 1. The van der Waals surface area contributed by atoms with E-state index in [1.165, 1.54) is 12.3 Å². The van der Waals surface area contributed by atoms with Crippen LogP contribution < -0.4 is 0 Å². The van der Waals surface area contributed by atoms with Crippen molar-refractivity contribution in [1.82, 2.24) is 14.6 Å². The molecule has 0 aliphatic carbocycles. The largest absolute Gasteiger partial charge is 0.383 e. The zero-order valence-electron chi connectivity index (χ0n) is 8.59. The third kappa shape index (κ3) is 2.07. The smallest absolute Gasteiger partial charge is 0.141 e. The summed E-state index contributed by atoms with van der Waals surface area (Å²) in [5.41, 5.74) is 1.16. The van der Waals surface area contributed by atoms with E-state index in [0.29, 0.717) is 16.9 Å². The lowest BCUT2D eigenvalue weighted by Gasteiger charge is -2.08. The van der Waals surface area contributed by atoms with Crippen molar-refractivity contribution in [3.8, 4) is 0 Å². The number of hydrogen-bond donors (Lipinski definition) is 1. The van der Waals surface area contributed by atoms with Crippen molar-refractivity contribution in [2.24, 2.45) is 0 Å². The normalized spacial score (nSPS) is 12.7. The van der Waals surface area contributed by atoms with Gasteiger partial charge in [-0.2, -0.15) is 0 Å². The zero-order valence-corrected chi connectivity index (χ0v) is 9.41. The molecule has 0 aliphatic rings. The summed E-state index contributed by atoms with van der Waals surface area (Å²) in [7, 11) is 0. The van der Waals surface area contributed by atoms with Gasteiger partial charge < -0.3 is 5.11 Å². The van der Waals surface area contributed by atoms with Crippen LogP contribution >= 0.6 is 11.5 Å². The molecule has 0 fully saturated rings. The molecule has 2 rings (SSSR count).